The number of aromatic nitrogens is 2. The predicted molar refractivity (Wildman–Crippen MR) is 98.5 cm³/mol. The van der Waals surface area contributed by atoms with Crippen LogP contribution >= 0.6 is 0 Å². The second-order valence-electron chi connectivity index (χ2n) is 5.86. The zero-order valence-corrected chi connectivity index (χ0v) is 13.1. The normalized spacial score (nSPS) is 11.4. The van der Waals surface area contributed by atoms with E-state index in [2.05, 4.69) is 16.0 Å². The second kappa shape index (κ2) is 5.24. The topological polar surface area (TPSA) is 56.0 Å². The van der Waals surface area contributed by atoms with Gasteiger partial charge in [0.1, 0.15) is 5.52 Å². The molecule has 0 spiro atoms. The van der Waals surface area contributed by atoms with Gasteiger partial charge in [0, 0.05) is 28.7 Å². The molecule has 0 saturated carbocycles. The van der Waals surface area contributed by atoms with Crippen molar-refractivity contribution in [2.45, 2.75) is 0 Å². The van der Waals surface area contributed by atoms with Crippen LogP contribution < -0.4 is 5.63 Å². The Balaban J connectivity index is 2.02. The molecule has 5 rings (SSSR count). The monoisotopic (exact) mass is 324 g/mol. The van der Waals surface area contributed by atoms with Crippen LogP contribution in [0.2, 0.25) is 0 Å². The Morgan fingerprint density at radius 1 is 0.760 bits per heavy atom. The molecule has 0 atom stereocenters. The van der Waals surface area contributed by atoms with Gasteiger partial charge in [-0.05, 0) is 22.9 Å². The summed E-state index contributed by atoms with van der Waals surface area (Å²) in [7, 11) is 0. The molecule has 0 saturated heterocycles. The van der Waals surface area contributed by atoms with Crippen LogP contribution in [0.3, 0.4) is 0 Å². The quantitative estimate of drug-likeness (QED) is 0.424. The van der Waals surface area contributed by atoms with E-state index in [4.69, 9.17) is 4.42 Å². The molecule has 0 fully saturated rings. The third-order valence-corrected chi connectivity index (χ3v) is 4.41. The summed E-state index contributed by atoms with van der Waals surface area (Å²) < 4.78 is 5.72. The Morgan fingerprint density at radius 2 is 1.44 bits per heavy atom. The lowest BCUT2D eigenvalue weighted by Crippen LogP contribution is -2.06. The van der Waals surface area contributed by atoms with E-state index < -0.39 is 5.63 Å². The zero-order valence-electron chi connectivity index (χ0n) is 13.1. The molecule has 3 aromatic carbocycles. The molecule has 4 heteroatoms. The summed E-state index contributed by atoms with van der Waals surface area (Å²) >= 11 is 0. The highest BCUT2D eigenvalue weighted by molar-refractivity contribution is 6.22. The van der Waals surface area contributed by atoms with E-state index in [1.807, 2.05) is 42.5 Å². The van der Waals surface area contributed by atoms with Gasteiger partial charge >= 0.3 is 5.63 Å². The Kier molecular flexibility index (Phi) is 2.91. The van der Waals surface area contributed by atoms with Crippen LogP contribution in [0.1, 0.15) is 0 Å². The molecule has 2 aromatic heterocycles. The average molecular weight is 324 g/mol. The van der Waals surface area contributed by atoms with Crippen molar-refractivity contribution in [2.24, 2.45) is 0 Å². The van der Waals surface area contributed by atoms with Gasteiger partial charge in [0.2, 0.25) is 0 Å². The Morgan fingerprint density at radius 3 is 2.16 bits per heavy atom. The van der Waals surface area contributed by atoms with Crippen LogP contribution in [-0.4, -0.2) is 9.97 Å². The molecule has 5 aromatic rings. The fourth-order valence-electron chi connectivity index (χ4n) is 3.29. The van der Waals surface area contributed by atoms with Gasteiger partial charge in [-0.25, -0.2) is 9.78 Å². The van der Waals surface area contributed by atoms with Gasteiger partial charge in [0.05, 0.1) is 0 Å². The molecule has 0 aliphatic heterocycles. The molecular weight excluding hydrogens is 312 g/mol. The molecule has 2 heterocycles. The molecule has 0 aliphatic rings. The fraction of sp³-hybridized carbons (Fsp3) is 0. The average Bonchev–Trinajstić information content (AvgIpc) is 2.68. The second-order valence-corrected chi connectivity index (χ2v) is 5.86. The summed E-state index contributed by atoms with van der Waals surface area (Å²) in [4.78, 5) is 21.3. The van der Waals surface area contributed by atoms with Gasteiger partial charge in [-0.3, -0.25) is 4.98 Å². The first-order valence-corrected chi connectivity index (χ1v) is 7.97. The molecular formula is C21H12N2O2. The Hall–Kier alpha value is -3.53. The van der Waals surface area contributed by atoms with E-state index in [1.165, 1.54) is 0 Å². The van der Waals surface area contributed by atoms with Crippen molar-refractivity contribution in [3.63, 3.8) is 0 Å². The smallest absolute Gasteiger partial charge is 0.363 e. The molecule has 0 aliphatic carbocycles. The molecule has 118 valence electrons. The first kappa shape index (κ1) is 13.9. The number of hydrogen-bond acceptors (Lipinski definition) is 4. The van der Waals surface area contributed by atoms with Crippen LogP contribution in [0.4, 0.5) is 0 Å². The van der Waals surface area contributed by atoms with Gasteiger partial charge in [0.15, 0.2) is 11.3 Å². The minimum atomic E-state index is -0.457. The molecule has 0 bridgehead atoms. The number of pyridine rings is 1. The number of fused-ring (bicyclic) bond motifs is 6. The molecule has 0 radical (unpaired) electrons. The van der Waals surface area contributed by atoms with Gasteiger partial charge in [0.25, 0.3) is 0 Å². The largest absolute Gasteiger partial charge is 0.419 e. The van der Waals surface area contributed by atoms with Crippen LogP contribution in [-0.2, 0) is 0 Å². The summed E-state index contributed by atoms with van der Waals surface area (Å²) in [5.74, 6) is 0. The van der Waals surface area contributed by atoms with Gasteiger partial charge in [-0.2, -0.15) is 0 Å². The van der Waals surface area contributed by atoms with Crippen LogP contribution in [0.15, 0.2) is 82.3 Å². The van der Waals surface area contributed by atoms with Crippen molar-refractivity contribution in [1.29, 1.82) is 0 Å². The highest BCUT2D eigenvalue weighted by atomic mass is 16.4. The fourth-order valence-corrected chi connectivity index (χ4v) is 3.29. The zero-order chi connectivity index (χ0) is 16.8. The summed E-state index contributed by atoms with van der Waals surface area (Å²) in [6.07, 6.45) is 3.28. The number of rotatable bonds is 1. The van der Waals surface area contributed by atoms with Crippen molar-refractivity contribution < 1.29 is 4.42 Å². The lowest BCUT2D eigenvalue weighted by atomic mass is 10.00. The predicted octanol–water partition coefficient (Wildman–Crippen LogP) is 4.56. The van der Waals surface area contributed by atoms with Crippen LogP contribution in [0.25, 0.3) is 43.9 Å². The summed E-state index contributed by atoms with van der Waals surface area (Å²) in [5.41, 5.74) is 1.68. The van der Waals surface area contributed by atoms with E-state index in [0.717, 1.165) is 21.5 Å². The van der Waals surface area contributed by atoms with E-state index in [-0.39, 0.29) is 5.69 Å². The van der Waals surface area contributed by atoms with Crippen LogP contribution in [0, 0.1) is 0 Å². The summed E-state index contributed by atoms with van der Waals surface area (Å²) in [5, 5.41) is 3.98. The Bertz CT molecular complexity index is 1310. The van der Waals surface area contributed by atoms with E-state index in [9.17, 15) is 4.79 Å². The molecule has 25 heavy (non-hydrogen) atoms. The van der Waals surface area contributed by atoms with Crippen molar-refractivity contribution in [1.82, 2.24) is 9.97 Å². The lowest BCUT2D eigenvalue weighted by Gasteiger charge is -2.09. The highest BCUT2D eigenvalue weighted by Gasteiger charge is 2.15. The minimum Gasteiger partial charge on any atom is -0.419 e. The molecule has 0 N–H and O–H groups in total. The van der Waals surface area contributed by atoms with E-state index >= 15 is 0 Å². The van der Waals surface area contributed by atoms with Crippen molar-refractivity contribution in [2.75, 3.05) is 0 Å². The standard InChI is InChI=1S/C21H12N2O2/c24-21-18(13-6-5-11-22-12-13)23-19-16-9-3-1-7-14(16)15-8-2-4-10-17(15)20(19)25-21/h1-12H. The molecule has 4 nitrogen and oxygen atoms in total. The maximum atomic E-state index is 12.6. The van der Waals surface area contributed by atoms with Crippen molar-refractivity contribution in [3.8, 4) is 11.3 Å². The first-order valence-electron chi connectivity index (χ1n) is 7.97. The number of nitrogens with zero attached hydrogens (tertiary/aromatic N) is 2. The maximum Gasteiger partial charge on any atom is 0.363 e. The number of benzene rings is 3. The van der Waals surface area contributed by atoms with Crippen LogP contribution in [0.5, 0.6) is 0 Å². The molecule has 0 unspecified atom stereocenters. The lowest BCUT2D eigenvalue weighted by molar-refractivity contribution is 0.561. The SMILES string of the molecule is O=c1oc2c3ccccc3c3ccccc3c2nc1-c1cccnc1. The molecule has 0 amide bonds. The van der Waals surface area contributed by atoms with Gasteiger partial charge in [-0.15, -0.1) is 0 Å². The van der Waals surface area contributed by atoms with Crippen molar-refractivity contribution in [3.05, 3.63) is 83.5 Å². The minimum absolute atomic E-state index is 0.279. The number of hydrogen-bond donors (Lipinski definition) is 0. The van der Waals surface area contributed by atoms with Crippen molar-refractivity contribution >= 4 is 32.6 Å². The van der Waals surface area contributed by atoms with E-state index in [1.54, 1.807) is 24.5 Å². The third kappa shape index (κ3) is 2.04. The first-order chi connectivity index (χ1) is 12.3. The summed E-state index contributed by atoms with van der Waals surface area (Å²) in [6.45, 7) is 0. The third-order valence-electron chi connectivity index (χ3n) is 4.41. The van der Waals surface area contributed by atoms with Gasteiger partial charge in [-0.1, -0.05) is 48.5 Å². The highest BCUT2D eigenvalue weighted by Crippen LogP contribution is 2.33. The maximum absolute atomic E-state index is 12.6. The van der Waals surface area contributed by atoms with Gasteiger partial charge < -0.3 is 4.42 Å². The van der Waals surface area contributed by atoms with E-state index in [0.29, 0.717) is 16.7 Å². The Labute approximate surface area is 142 Å². The summed E-state index contributed by atoms with van der Waals surface area (Å²) in [6, 6.07) is 19.5.